The number of hydrogen-bond donors (Lipinski definition) is 2. The maximum absolute atomic E-state index is 14.0. The molecule has 12 heteroatoms. The summed E-state index contributed by atoms with van der Waals surface area (Å²) in [4.78, 5) is 19.1. The fraction of sp³-hybridized carbons (Fsp3) is 0.500. The van der Waals surface area contributed by atoms with Gasteiger partial charge in [0.05, 0.1) is 33.9 Å². The lowest BCUT2D eigenvalue weighted by Crippen LogP contribution is -2.47. The molecule has 2 fully saturated rings. The van der Waals surface area contributed by atoms with Crippen LogP contribution in [0.15, 0.2) is 36.7 Å². The summed E-state index contributed by atoms with van der Waals surface area (Å²) in [6.07, 6.45) is -4.28. The van der Waals surface area contributed by atoms with E-state index in [1.54, 1.807) is 6.92 Å². The first-order valence-electron chi connectivity index (χ1n) is 13.3. The van der Waals surface area contributed by atoms with Gasteiger partial charge < -0.3 is 19.7 Å². The predicted molar refractivity (Wildman–Crippen MR) is 137 cm³/mol. The lowest BCUT2D eigenvalue weighted by molar-refractivity contribution is -0.136. The Balaban J connectivity index is 1.12. The van der Waals surface area contributed by atoms with Gasteiger partial charge in [0, 0.05) is 29.9 Å². The van der Waals surface area contributed by atoms with Crippen molar-refractivity contribution in [3.05, 3.63) is 53.3 Å². The molecule has 40 heavy (non-hydrogen) atoms. The Hall–Kier alpha value is -3.25. The van der Waals surface area contributed by atoms with E-state index in [4.69, 9.17) is 4.74 Å². The zero-order valence-electron chi connectivity index (χ0n) is 21.8. The first kappa shape index (κ1) is 26.9. The number of fused-ring (bicyclic) bond motifs is 3. The fourth-order valence-electron chi connectivity index (χ4n) is 6.39. The third-order valence-corrected chi connectivity index (χ3v) is 8.57. The molecule has 2 aliphatic heterocycles. The smallest absolute Gasteiger partial charge is 0.418 e. The summed E-state index contributed by atoms with van der Waals surface area (Å²) in [6.45, 7) is 3.23. The number of aliphatic hydroxyl groups is 1. The number of aromatic nitrogens is 2. The van der Waals surface area contributed by atoms with E-state index < -0.39 is 29.2 Å². The average molecular weight is 565 g/mol. The summed E-state index contributed by atoms with van der Waals surface area (Å²) in [7, 11) is 0. The van der Waals surface area contributed by atoms with Gasteiger partial charge in [0.25, 0.3) is 6.43 Å². The van der Waals surface area contributed by atoms with Crippen molar-refractivity contribution >= 4 is 22.6 Å². The standard InChI is InChI=1S/C28H29F5N4O3/c1-26(39)13-17(14-26)37-15-34-22-12-18(11-20(23(22)37)28(31,32)33)40-9-8-36-6-4-27(5-7-36)19-10-16(24(29)30)2-3-21(19)35-25(27)38/h2-3,10-12,15,17,24,39H,4-9,13-14H2,1H3,(H,35,38). The molecule has 1 aromatic heterocycles. The zero-order chi connectivity index (χ0) is 28.4. The van der Waals surface area contributed by atoms with Crippen LogP contribution in [0.4, 0.5) is 27.6 Å². The normalized spacial score (nSPS) is 24.4. The minimum absolute atomic E-state index is 0.0215. The number of carbonyl (C=O) groups is 1. The molecular formula is C28H29F5N4O3. The molecule has 1 aliphatic carbocycles. The molecule has 6 rings (SSSR count). The summed E-state index contributed by atoms with van der Waals surface area (Å²) in [5.74, 6) is -0.134. The molecule has 3 aromatic rings. The summed E-state index contributed by atoms with van der Waals surface area (Å²) in [5, 5.41) is 12.9. The van der Waals surface area contributed by atoms with Crippen molar-refractivity contribution < 1.29 is 36.6 Å². The van der Waals surface area contributed by atoms with Gasteiger partial charge in [-0.2, -0.15) is 13.2 Å². The highest BCUT2D eigenvalue weighted by Gasteiger charge is 2.48. The van der Waals surface area contributed by atoms with Crippen molar-refractivity contribution in [2.45, 2.75) is 62.3 Å². The van der Waals surface area contributed by atoms with Crippen LogP contribution in [-0.4, -0.2) is 57.3 Å². The van der Waals surface area contributed by atoms with Crippen molar-refractivity contribution in [3.8, 4) is 5.75 Å². The number of nitrogens with one attached hydrogen (secondary N) is 1. The predicted octanol–water partition coefficient (Wildman–Crippen LogP) is 5.44. The van der Waals surface area contributed by atoms with Crippen LogP contribution in [0.2, 0.25) is 0 Å². The van der Waals surface area contributed by atoms with Crippen LogP contribution < -0.4 is 10.1 Å². The molecule has 2 N–H and O–H groups in total. The maximum atomic E-state index is 14.0. The molecule has 1 saturated heterocycles. The number of anilines is 1. The SMILES string of the molecule is CC1(O)CC(n2cnc3cc(OCCN4CCC5(CC4)C(=O)Nc4ccc(C(F)F)cc45)cc(C(F)(F)F)c32)C1. The van der Waals surface area contributed by atoms with E-state index in [1.165, 1.54) is 35.2 Å². The van der Waals surface area contributed by atoms with E-state index in [-0.39, 0.29) is 40.9 Å². The summed E-state index contributed by atoms with van der Waals surface area (Å²) < 4.78 is 75.9. The van der Waals surface area contributed by atoms with Gasteiger partial charge >= 0.3 is 6.18 Å². The molecule has 2 aromatic carbocycles. The van der Waals surface area contributed by atoms with Crippen LogP contribution in [0, 0.1) is 0 Å². The maximum Gasteiger partial charge on any atom is 0.418 e. The van der Waals surface area contributed by atoms with E-state index in [0.29, 0.717) is 56.6 Å². The van der Waals surface area contributed by atoms with Crippen molar-refractivity contribution in [2.75, 3.05) is 31.6 Å². The number of nitrogens with zero attached hydrogens (tertiary/aromatic N) is 3. The second-order valence-corrected chi connectivity index (χ2v) is 11.4. The van der Waals surface area contributed by atoms with Crippen LogP contribution >= 0.6 is 0 Å². The van der Waals surface area contributed by atoms with Gasteiger partial charge in [0.15, 0.2) is 0 Å². The first-order valence-corrected chi connectivity index (χ1v) is 13.3. The van der Waals surface area contributed by atoms with E-state index in [1.807, 2.05) is 4.90 Å². The zero-order valence-corrected chi connectivity index (χ0v) is 21.8. The van der Waals surface area contributed by atoms with Crippen LogP contribution in [0.5, 0.6) is 5.75 Å². The van der Waals surface area contributed by atoms with Gasteiger partial charge in [-0.1, -0.05) is 6.07 Å². The number of alkyl halides is 5. The Kier molecular flexibility index (Phi) is 6.34. The third kappa shape index (κ3) is 4.60. The highest BCUT2D eigenvalue weighted by Crippen LogP contribution is 2.47. The van der Waals surface area contributed by atoms with Crippen LogP contribution in [0.25, 0.3) is 11.0 Å². The second kappa shape index (κ2) is 9.41. The van der Waals surface area contributed by atoms with Crippen LogP contribution in [0.3, 0.4) is 0 Å². The molecular weight excluding hydrogens is 535 g/mol. The molecule has 7 nitrogen and oxygen atoms in total. The average Bonchev–Trinajstić information content (AvgIpc) is 3.41. The lowest BCUT2D eigenvalue weighted by Gasteiger charge is -2.41. The largest absolute Gasteiger partial charge is 0.492 e. The number of carbonyl (C=O) groups excluding carboxylic acids is 1. The van der Waals surface area contributed by atoms with Crippen molar-refractivity contribution in [3.63, 3.8) is 0 Å². The van der Waals surface area contributed by atoms with Gasteiger partial charge in [-0.25, -0.2) is 13.8 Å². The molecule has 0 atom stereocenters. The molecule has 3 heterocycles. The minimum Gasteiger partial charge on any atom is -0.492 e. The van der Waals surface area contributed by atoms with Crippen molar-refractivity contribution in [2.24, 2.45) is 0 Å². The van der Waals surface area contributed by atoms with E-state index in [2.05, 4.69) is 10.3 Å². The quantitative estimate of drug-likeness (QED) is 0.390. The summed E-state index contributed by atoms with van der Waals surface area (Å²) >= 11 is 0. The molecule has 1 spiro atoms. The fourth-order valence-corrected chi connectivity index (χ4v) is 6.39. The topological polar surface area (TPSA) is 79.6 Å². The van der Waals surface area contributed by atoms with E-state index >= 15 is 0 Å². The molecule has 3 aliphatic rings. The van der Waals surface area contributed by atoms with Gasteiger partial charge in [0.2, 0.25) is 5.91 Å². The monoisotopic (exact) mass is 564 g/mol. The number of benzene rings is 2. The second-order valence-electron chi connectivity index (χ2n) is 11.4. The molecule has 0 radical (unpaired) electrons. The van der Waals surface area contributed by atoms with Crippen LogP contribution in [-0.2, 0) is 16.4 Å². The number of halogens is 5. The van der Waals surface area contributed by atoms with Gasteiger partial charge in [-0.3, -0.25) is 9.69 Å². The highest BCUT2D eigenvalue weighted by atomic mass is 19.4. The summed E-state index contributed by atoms with van der Waals surface area (Å²) in [6, 6.07) is 6.48. The molecule has 0 bridgehead atoms. The number of ether oxygens (including phenoxy) is 1. The molecule has 214 valence electrons. The number of rotatable bonds is 6. The Labute approximate surface area is 226 Å². The molecule has 1 amide bonds. The third-order valence-electron chi connectivity index (χ3n) is 8.57. The van der Waals surface area contributed by atoms with Crippen LogP contribution in [0.1, 0.15) is 61.8 Å². The van der Waals surface area contributed by atoms with Crippen molar-refractivity contribution in [1.82, 2.24) is 14.5 Å². The van der Waals surface area contributed by atoms with E-state index in [9.17, 15) is 31.9 Å². The number of hydrogen-bond acceptors (Lipinski definition) is 5. The number of piperidine rings is 1. The Morgan fingerprint density at radius 2 is 1.90 bits per heavy atom. The van der Waals surface area contributed by atoms with Gasteiger partial charge in [0.1, 0.15) is 12.4 Å². The number of likely N-dealkylation sites (tertiary alicyclic amines) is 1. The number of amides is 1. The first-order chi connectivity index (χ1) is 18.9. The Morgan fingerprint density at radius 1 is 1.18 bits per heavy atom. The molecule has 0 unspecified atom stereocenters. The lowest BCUT2D eigenvalue weighted by atomic mass is 9.73. The summed E-state index contributed by atoms with van der Waals surface area (Å²) in [5.41, 5.74) is -1.40. The minimum atomic E-state index is -4.62. The Bertz CT molecular complexity index is 1450. The highest BCUT2D eigenvalue weighted by molar-refractivity contribution is 6.06. The van der Waals surface area contributed by atoms with E-state index in [0.717, 1.165) is 6.07 Å². The van der Waals surface area contributed by atoms with Gasteiger partial charge in [-0.05, 0) is 69.5 Å². The molecule has 1 saturated carbocycles. The number of imidazole rings is 1. The van der Waals surface area contributed by atoms with Gasteiger partial charge in [-0.15, -0.1) is 0 Å². The van der Waals surface area contributed by atoms with Crippen molar-refractivity contribution in [1.29, 1.82) is 0 Å². The Morgan fingerprint density at radius 3 is 2.55 bits per heavy atom.